The zero-order valence-electron chi connectivity index (χ0n) is 6.27. The minimum atomic E-state index is -0.814. The molecule has 1 aromatic rings. The van der Waals surface area contributed by atoms with Crippen LogP contribution in [0.2, 0.25) is 0 Å². The first-order chi connectivity index (χ1) is 6.15. The number of carbonyl (C=O) groups excluding carboxylic acids is 1. The standard InChI is InChI=1S/C7H4ClNO4/c8-13-7(10)5-2-1-3-6(4-5)9(11)12/h1-4H. The predicted molar refractivity (Wildman–Crippen MR) is 44.4 cm³/mol. The third kappa shape index (κ3) is 2.16. The number of halogens is 1. The molecule has 0 saturated heterocycles. The first-order valence-electron chi connectivity index (χ1n) is 3.22. The smallest absolute Gasteiger partial charge is 0.343 e. The molecule has 13 heavy (non-hydrogen) atoms. The Morgan fingerprint density at radius 1 is 1.54 bits per heavy atom. The number of carbonyl (C=O) groups is 1. The van der Waals surface area contributed by atoms with Crippen molar-refractivity contribution in [3.8, 4) is 0 Å². The van der Waals surface area contributed by atoms with Gasteiger partial charge in [-0.15, -0.1) is 0 Å². The monoisotopic (exact) mass is 201 g/mol. The first kappa shape index (κ1) is 9.47. The van der Waals surface area contributed by atoms with Gasteiger partial charge in [0.1, 0.15) is 11.9 Å². The maximum absolute atomic E-state index is 10.8. The van der Waals surface area contributed by atoms with Crippen LogP contribution in [0, 0.1) is 10.1 Å². The number of hydrogen-bond acceptors (Lipinski definition) is 4. The van der Waals surface area contributed by atoms with Crippen molar-refractivity contribution in [2.75, 3.05) is 0 Å². The Labute approximate surface area is 78.2 Å². The molecule has 0 unspecified atom stereocenters. The summed E-state index contributed by atoms with van der Waals surface area (Å²) in [5, 5.41) is 10.3. The number of hydrogen-bond donors (Lipinski definition) is 0. The Balaban J connectivity index is 3.05. The van der Waals surface area contributed by atoms with Crippen molar-refractivity contribution in [2.45, 2.75) is 0 Å². The van der Waals surface area contributed by atoms with Gasteiger partial charge in [0.05, 0.1) is 10.5 Å². The Kier molecular flexibility index (Phi) is 2.81. The molecule has 1 rings (SSSR count). The van der Waals surface area contributed by atoms with E-state index in [1.165, 1.54) is 18.2 Å². The van der Waals surface area contributed by atoms with Crippen molar-refractivity contribution in [1.82, 2.24) is 0 Å². The molecular formula is C7H4ClNO4. The van der Waals surface area contributed by atoms with Gasteiger partial charge in [0.25, 0.3) is 5.69 Å². The third-order valence-electron chi connectivity index (χ3n) is 1.36. The topological polar surface area (TPSA) is 69.4 Å². The lowest BCUT2D eigenvalue weighted by atomic mass is 10.2. The van der Waals surface area contributed by atoms with E-state index in [2.05, 4.69) is 4.29 Å². The van der Waals surface area contributed by atoms with Gasteiger partial charge >= 0.3 is 5.97 Å². The Morgan fingerprint density at radius 2 is 2.23 bits per heavy atom. The van der Waals surface area contributed by atoms with E-state index in [1.54, 1.807) is 0 Å². The minimum Gasteiger partial charge on any atom is -0.343 e. The molecule has 0 heterocycles. The molecule has 0 aliphatic carbocycles. The SMILES string of the molecule is O=C(OCl)c1cccc([N+](=O)[O-])c1. The highest BCUT2D eigenvalue weighted by molar-refractivity contribution is 6.15. The lowest BCUT2D eigenvalue weighted by Crippen LogP contribution is -1.98. The van der Waals surface area contributed by atoms with Crippen molar-refractivity contribution in [3.05, 3.63) is 39.9 Å². The molecule has 0 bridgehead atoms. The number of nitrogens with zero attached hydrogens (tertiary/aromatic N) is 1. The van der Waals surface area contributed by atoms with Crippen molar-refractivity contribution in [3.63, 3.8) is 0 Å². The number of nitro benzene ring substituents is 1. The number of non-ortho nitro benzene ring substituents is 1. The molecule has 0 aliphatic heterocycles. The van der Waals surface area contributed by atoms with E-state index in [0.717, 1.165) is 6.07 Å². The fourth-order valence-electron chi connectivity index (χ4n) is 0.791. The van der Waals surface area contributed by atoms with Crippen LogP contribution in [0.3, 0.4) is 0 Å². The summed E-state index contributed by atoms with van der Waals surface area (Å²) in [5.74, 6) is -0.814. The van der Waals surface area contributed by atoms with E-state index in [-0.39, 0.29) is 11.3 Å². The highest BCUT2D eigenvalue weighted by Gasteiger charge is 2.11. The molecule has 0 amide bonds. The normalized spacial score (nSPS) is 9.31. The third-order valence-corrected chi connectivity index (χ3v) is 1.50. The molecule has 0 N–H and O–H groups in total. The Hall–Kier alpha value is -1.62. The van der Waals surface area contributed by atoms with E-state index < -0.39 is 10.9 Å². The molecule has 0 atom stereocenters. The number of rotatable bonds is 2. The van der Waals surface area contributed by atoms with E-state index in [9.17, 15) is 14.9 Å². The second-order valence-electron chi connectivity index (χ2n) is 2.17. The minimum absolute atomic E-state index is 0.0456. The average molecular weight is 202 g/mol. The van der Waals surface area contributed by atoms with Crippen LogP contribution in [0.5, 0.6) is 0 Å². The fourth-order valence-corrected chi connectivity index (χ4v) is 0.880. The van der Waals surface area contributed by atoms with Crippen molar-refractivity contribution in [2.24, 2.45) is 0 Å². The molecule has 0 spiro atoms. The van der Waals surface area contributed by atoms with Gasteiger partial charge in [-0.25, -0.2) is 4.79 Å². The van der Waals surface area contributed by atoms with Crippen molar-refractivity contribution in [1.29, 1.82) is 0 Å². The quantitative estimate of drug-likeness (QED) is 0.541. The lowest BCUT2D eigenvalue weighted by molar-refractivity contribution is -0.384. The Bertz CT molecular complexity index is 352. The van der Waals surface area contributed by atoms with Crippen LogP contribution in [-0.4, -0.2) is 10.9 Å². The largest absolute Gasteiger partial charge is 0.356 e. The molecule has 5 nitrogen and oxygen atoms in total. The maximum atomic E-state index is 10.8. The van der Waals surface area contributed by atoms with E-state index in [4.69, 9.17) is 11.9 Å². The summed E-state index contributed by atoms with van der Waals surface area (Å²) in [7, 11) is 0. The molecule has 0 radical (unpaired) electrons. The summed E-state index contributed by atoms with van der Waals surface area (Å²) in [5.41, 5.74) is -0.135. The molecular weight excluding hydrogens is 198 g/mol. The predicted octanol–water partition coefficient (Wildman–Crippen LogP) is 1.91. The summed E-state index contributed by atoms with van der Waals surface area (Å²) in [6.45, 7) is 0. The molecule has 6 heteroatoms. The van der Waals surface area contributed by atoms with Crippen molar-refractivity contribution < 1.29 is 14.0 Å². The zero-order chi connectivity index (χ0) is 9.84. The van der Waals surface area contributed by atoms with Gasteiger partial charge in [-0.2, -0.15) is 0 Å². The van der Waals surface area contributed by atoms with Gasteiger partial charge in [-0.05, 0) is 6.07 Å². The summed E-state index contributed by atoms with van der Waals surface area (Å²) >= 11 is 4.80. The van der Waals surface area contributed by atoms with Crippen LogP contribution in [-0.2, 0) is 4.29 Å². The molecule has 0 saturated carbocycles. The lowest BCUT2D eigenvalue weighted by Gasteiger charge is -1.95. The first-order valence-corrected chi connectivity index (χ1v) is 3.53. The van der Waals surface area contributed by atoms with Gasteiger partial charge in [-0.1, -0.05) is 6.07 Å². The van der Waals surface area contributed by atoms with E-state index in [0.29, 0.717) is 0 Å². The van der Waals surface area contributed by atoms with Crippen LogP contribution in [0.25, 0.3) is 0 Å². The van der Waals surface area contributed by atoms with Gasteiger partial charge < -0.3 is 4.29 Å². The van der Waals surface area contributed by atoms with Crippen LogP contribution >= 0.6 is 11.9 Å². The van der Waals surface area contributed by atoms with Gasteiger partial charge in [-0.3, -0.25) is 10.1 Å². The van der Waals surface area contributed by atoms with E-state index in [1.807, 2.05) is 0 Å². The molecule has 0 aromatic heterocycles. The van der Waals surface area contributed by atoms with Gasteiger partial charge in [0.2, 0.25) is 0 Å². The van der Waals surface area contributed by atoms with Crippen LogP contribution < -0.4 is 0 Å². The van der Waals surface area contributed by atoms with Crippen LogP contribution in [0.15, 0.2) is 24.3 Å². The second kappa shape index (κ2) is 3.86. The average Bonchev–Trinajstić information content (AvgIpc) is 2.17. The summed E-state index contributed by atoms with van der Waals surface area (Å²) in [6.07, 6.45) is 0. The van der Waals surface area contributed by atoms with Gasteiger partial charge in [0.15, 0.2) is 0 Å². The van der Waals surface area contributed by atoms with Gasteiger partial charge in [0, 0.05) is 12.1 Å². The highest BCUT2D eigenvalue weighted by Crippen LogP contribution is 2.13. The molecule has 1 aromatic carbocycles. The van der Waals surface area contributed by atoms with E-state index >= 15 is 0 Å². The summed E-state index contributed by atoms with van der Waals surface area (Å²) in [6, 6.07) is 5.11. The Morgan fingerprint density at radius 3 is 2.77 bits per heavy atom. The van der Waals surface area contributed by atoms with Crippen molar-refractivity contribution >= 4 is 23.5 Å². The zero-order valence-corrected chi connectivity index (χ0v) is 7.02. The van der Waals surface area contributed by atoms with Crippen LogP contribution in [0.1, 0.15) is 10.4 Å². The maximum Gasteiger partial charge on any atom is 0.356 e. The summed E-state index contributed by atoms with van der Waals surface area (Å²) < 4.78 is 3.88. The molecule has 0 aliphatic rings. The molecule has 68 valence electrons. The summed E-state index contributed by atoms with van der Waals surface area (Å²) in [4.78, 5) is 20.5. The fraction of sp³-hybridized carbons (Fsp3) is 0. The highest BCUT2D eigenvalue weighted by atomic mass is 35.5. The second-order valence-corrected chi connectivity index (χ2v) is 2.33. The number of benzene rings is 1. The van der Waals surface area contributed by atoms with Crippen LogP contribution in [0.4, 0.5) is 5.69 Å². The number of nitro groups is 1. The molecule has 0 fully saturated rings.